The molecular formula is C13H22F2N4. The Kier molecular flexibility index (Phi) is 3.64. The summed E-state index contributed by atoms with van der Waals surface area (Å²) < 4.78 is 29.0. The average Bonchev–Trinajstić information content (AvgIpc) is 2.75. The van der Waals surface area contributed by atoms with Crippen LogP contribution in [0.15, 0.2) is 6.20 Å². The first-order chi connectivity index (χ1) is 8.71. The highest BCUT2D eigenvalue weighted by Crippen LogP contribution is 2.33. The molecule has 1 aromatic rings. The van der Waals surface area contributed by atoms with Gasteiger partial charge in [-0.3, -0.25) is 4.90 Å². The molecule has 2 heterocycles. The van der Waals surface area contributed by atoms with Crippen LogP contribution in [0.4, 0.5) is 8.78 Å². The number of halogens is 2. The van der Waals surface area contributed by atoms with Crippen molar-refractivity contribution in [2.75, 3.05) is 19.6 Å². The summed E-state index contributed by atoms with van der Waals surface area (Å²) in [7, 11) is 0. The molecule has 1 aromatic heterocycles. The Hall–Kier alpha value is -1.04. The molecule has 1 fully saturated rings. The molecular weight excluding hydrogens is 250 g/mol. The monoisotopic (exact) mass is 272 g/mol. The normalized spacial score (nSPS) is 24.6. The summed E-state index contributed by atoms with van der Waals surface area (Å²) in [5, 5.41) is 8.16. The van der Waals surface area contributed by atoms with Crippen LogP contribution in [-0.4, -0.2) is 45.5 Å². The minimum absolute atomic E-state index is 0.111. The molecule has 19 heavy (non-hydrogen) atoms. The van der Waals surface area contributed by atoms with Crippen molar-refractivity contribution in [2.24, 2.45) is 0 Å². The van der Waals surface area contributed by atoms with Crippen molar-refractivity contribution in [1.29, 1.82) is 0 Å². The number of hydrogen-bond acceptors (Lipinski definition) is 3. The standard InChI is InChI=1S/C13H22F2N4/c1-5-18-7-10(6-13(14,15)9-18)19-8-11(16-17-19)12(2,3)4/h8,10H,5-7,9H2,1-4H3. The van der Waals surface area contributed by atoms with Gasteiger partial charge in [0.05, 0.1) is 18.3 Å². The van der Waals surface area contributed by atoms with Gasteiger partial charge in [-0.15, -0.1) is 5.10 Å². The highest BCUT2D eigenvalue weighted by atomic mass is 19.3. The van der Waals surface area contributed by atoms with Crippen molar-refractivity contribution < 1.29 is 8.78 Å². The summed E-state index contributed by atoms with van der Waals surface area (Å²) in [6.07, 6.45) is 1.65. The number of rotatable bonds is 2. The van der Waals surface area contributed by atoms with Crippen molar-refractivity contribution in [1.82, 2.24) is 19.9 Å². The van der Waals surface area contributed by atoms with Crippen LogP contribution in [0.1, 0.15) is 45.9 Å². The summed E-state index contributed by atoms with van der Waals surface area (Å²) >= 11 is 0. The van der Waals surface area contributed by atoms with Gasteiger partial charge in [-0.25, -0.2) is 13.5 Å². The molecule has 1 aliphatic heterocycles. The third-order valence-electron chi connectivity index (χ3n) is 3.56. The molecule has 0 aromatic carbocycles. The highest BCUT2D eigenvalue weighted by Gasteiger charge is 2.41. The van der Waals surface area contributed by atoms with Crippen LogP contribution >= 0.6 is 0 Å². The second kappa shape index (κ2) is 4.81. The van der Waals surface area contributed by atoms with E-state index in [2.05, 4.69) is 10.3 Å². The Labute approximate surface area is 112 Å². The molecule has 0 bridgehead atoms. The van der Waals surface area contributed by atoms with E-state index in [0.717, 1.165) is 5.69 Å². The Morgan fingerprint density at radius 3 is 2.63 bits per heavy atom. The Morgan fingerprint density at radius 1 is 1.42 bits per heavy atom. The van der Waals surface area contributed by atoms with Gasteiger partial charge in [0.25, 0.3) is 5.92 Å². The predicted molar refractivity (Wildman–Crippen MR) is 69.4 cm³/mol. The molecule has 2 rings (SSSR count). The lowest BCUT2D eigenvalue weighted by atomic mass is 9.93. The van der Waals surface area contributed by atoms with Crippen LogP contribution < -0.4 is 0 Å². The molecule has 4 nitrogen and oxygen atoms in total. The molecule has 1 unspecified atom stereocenters. The van der Waals surface area contributed by atoms with E-state index in [0.29, 0.717) is 13.1 Å². The van der Waals surface area contributed by atoms with Gasteiger partial charge in [0.1, 0.15) is 0 Å². The lowest BCUT2D eigenvalue weighted by Crippen LogP contribution is -2.47. The minimum atomic E-state index is -2.65. The van der Waals surface area contributed by atoms with Gasteiger partial charge in [0.2, 0.25) is 0 Å². The van der Waals surface area contributed by atoms with E-state index in [1.165, 1.54) is 0 Å². The Balaban J connectivity index is 2.19. The maximum atomic E-state index is 13.7. The Bertz CT molecular complexity index is 436. The Morgan fingerprint density at radius 2 is 2.11 bits per heavy atom. The lowest BCUT2D eigenvalue weighted by molar-refractivity contribution is -0.0817. The third-order valence-corrected chi connectivity index (χ3v) is 3.56. The largest absolute Gasteiger partial charge is 0.296 e. The van der Waals surface area contributed by atoms with E-state index in [1.54, 1.807) is 15.8 Å². The fraction of sp³-hybridized carbons (Fsp3) is 0.846. The van der Waals surface area contributed by atoms with Gasteiger partial charge in [0.15, 0.2) is 0 Å². The average molecular weight is 272 g/mol. The van der Waals surface area contributed by atoms with Gasteiger partial charge < -0.3 is 0 Å². The maximum Gasteiger partial charge on any atom is 0.262 e. The first kappa shape index (κ1) is 14.4. The van der Waals surface area contributed by atoms with Crippen molar-refractivity contribution in [3.05, 3.63) is 11.9 Å². The zero-order valence-corrected chi connectivity index (χ0v) is 12.0. The quantitative estimate of drug-likeness (QED) is 0.829. The summed E-state index contributed by atoms with van der Waals surface area (Å²) in [6.45, 7) is 9.10. The summed E-state index contributed by atoms with van der Waals surface area (Å²) in [5.74, 6) is -2.65. The van der Waals surface area contributed by atoms with Crippen LogP contribution in [-0.2, 0) is 5.41 Å². The maximum absolute atomic E-state index is 13.7. The van der Waals surface area contributed by atoms with Crippen molar-refractivity contribution >= 4 is 0 Å². The van der Waals surface area contributed by atoms with Gasteiger partial charge >= 0.3 is 0 Å². The highest BCUT2D eigenvalue weighted by molar-refractivity contribution is 5.07. The number of piperidine rings is 1. The number of aromatic nitrogens is 3. The number of likely N-dealkylation sites (tertiary alicyclic amines) is 1. The summed E-state index contributed by atoms with van der Waals surface area (Å²) in [6, 6.07) is -0.299. The predicted octanol–water partition coefficient (Wildman–Crippen LogP) is 2.48. The second-order valence-corrected chi connectivity index (χ2v) is 6.38. The topological polar surface area (TPSA) is 34.0 Å². The van der Waals surface area contributed by atoms with Crippen molar-refractivity contribution in [3.63, 3.8) is 0 Å². The molecule has 0 aliphatic carbocycles. The summed E-state index contributed by atoms with van der Waals surface area (Å²) in [5.41, 5.74) is 0.726. The van der Waals surface area contributed by atoms with Crippen molar-refractivity contribution in [3.8, 4) is 0 Å². The fourth-order valence-corrected chi connectivity index (χ4v) is 2.38. The van der Waals surface area contributed by atoms with Gasteiger partial charge in [0, 0.05) is 24.6 Å². The zero-order chi connectivity index (χ0) is 14.3. The van der Waals surface area contributed by atoms with Crippen LogP contribution in [0.5, 0.6) is 0 Å². The van der Waals surface area contributed by atoms with E-state index < -0.39 is 5.92 Å². The molecule has 0 saturated carbocycles. The molecule has 6 heteroatoms. The number of likely N-dealkylation sites (N-methyl/N-ethyl adjacent to an activating group) is 1. The van der Waals surface area contributed by atoms with E-state index in [1.807, 2.05) is 27.7 Å². The molecule has 1 aliphatic rings. The fourth-order valence-electron chi connectivity index (χ4n) is 2.38. The molecule has 0 spiro atoms. The third kappa shape index (κ3) is 3.29. The molecule has 0 amide bonds. The second-order valence-electron chi connectivity index (χ2n) is 6.38. The number of alkyl halides is 2. The van der Waals surface area contributed by atoms with Gasteiger partial charge in [-0.2, -0.15) is 0 Å². The number of nitrogens with zero attached hydrogens (tertiary/aromatic N) is 4. The SMILES string of the molecule is CCN1CC(n2cc(C(C)(C)C)nn2)CC(F)(F)C1. The molecule has 108 valence electrons. The van der Waals surface area contributed by atoms with Crippen LogP contribution in [0.25, 0.3) is 0 Å². The van der Waals surface area contributed by atoms with E-state index in [9.17, 15) is 8.78 Å². The van der Waals surface area contributed by atoms with E-state index in [4.69, 9.17) is 0 Å². The molecule has 1 saturated heterocycles. The van der Waals surface area contributed by atoms with Crippen LogP contribution in [0.3, 0.4) is 0 Å². The van der Waals surface area contributed by atoms with Gasteiger partial charge in [-0.05, 0) is 6.54 Å². The smallest absolute Gasteiger partial charge is 0.262 e. The first-order valence-corrected chi connectivity index (χ1v) is 6.74. The van der Waals surface area contributed by atoms with Crippen molar-refractivity contribution in [2.45, 2.75) is 51.5 Å². The zero-order valence-electron chi connectivity index (χ0n) is 12.0. The lowest BCUT2D eigenvalue weighted by Gasteiger charge is -2.36. The van der Waals surface area contributed by atoms with Gasteiger partial charge in [-0.1, -0.05) is 32.9 Å². The molecule has 1 atom stereocenters. The van der Waals surface area contributed by atoms with Crippen LogP contribution in [0.2, 0.25) is 0 Å². The number of hydrogen-bond donors (Lipinski definition) is 0. The van der Waals surface area contributed by atoms with E-state index >= 15 is 0 Å². The summed E-state index contributed by atoms with van der Waals surface area (Å²) in [4.78, 5) is 1.77. The minimum Gasteiger partial charge on any atom is -0.296 e. The van der Waals surface area contributed by atoms with Crippen LogP contribution in [0, 0.1) is 0 Å². The first-order valence-electron chi connectivity index (χ1n) is 6.74. The molecule has 0 N–H and O–H groups in total. The molecule has 0 radical (unpaired) electrons. The van der Waals surface area contributed by atoms with E-state index in [-0.39, 0.29) is 24.4 Å².